The lowest BCUT2D eigenvalue weighted by molar-refractivity contribution is -0.115. The van der Waals surface area contributed by atoms with Gasteiger partial charge < -0.3 is 0 Å². The quantitative estimate of drug-likeness (QED) is 0.600. The Balaban J connectivity index is 1.45. The smallest absolute Gasteiger partial charge is 0.282 e. The monoisotopic (exact) mass is 337 g/mol. The van der Waals surface area contributed by atoms with E-state index in [2.05, 4.69) is 41.7 Å². The summed E-state index contributed by atoms with van der Waals surface area (Å²) < 4.78 is 0. The maximum Gasteiger partial charge on any atom is 0.290 e. The van der Waals surface area contributed by atoms with Gasteiger partial charge in [-0.2, -0.15) is 0 Å². The van der Waals surface area contributed by atoms with E-state index in [-0.39, 0.29) is 11.1 Å². The summed E-state index contributed by atoms with van der Waals surface area (Å²) in [7, 11) is 0. The predicted octanol–water partition coefficient (Wildman–Crippen LogP) is 4.93. The number of aryl methyl sites for hydroxylation is 1. The number of allylic oxidation sites excluding steroid dienone is 1. The number of imide groups is 1. The van der Waals surface area contributed by atoms with Gasteiger partial charge in [-0.05, 0) is 54.1 Å². The van der Waals surface area contributed by atoms with E-state index in [0.717, 1.165) is 37.4 Å². The fraction of sp³-hybridized carbons (Fsp3) is 0.200. The second kappa shape index (κ2) is 7.97. The first-order chi connectivity index (χ1) is 11.7. The highest BCUT2D eigenvalue weighted by Gasteiger charge is 2.24. The van der Waals surface area contributed by atoms with Crippen molar-refractivity contribution < 1.29 is 9.59 Å². The first-order valence-electron chi connectivity index (χ1n) is 8.10. The summed E-state index contributed by atoms with van der Waals surface area (Å²) in [5, 5.41) is 2.00. The normalized spacial score (nSPS) is 15.8. The third-order valence-corrected chi connectivity index (χ3v) is 4.81. The summed E-state index contributed by atoms with van der Waals surface area (Å²) in [5.41, 5.74) is 3.79. The van der Waals surface area contributed by atoms with Crippen molar-refractivity contribution in [2.45, 2.75) is 25.7 Å². The zero-order valence-corrected chi connectivity index (χ0v) is 14.1. The second-order valence-electron chi connectivity index (χ2n) is 5.72. The van der Waals surface area contributed by atoms with Gasteiger partial charge in [0.25, 0.3) is 11.1 Å². The Bertz CT molecular complexity index is 751. The highest BCUT2D eigenvalue weighted by atomic mass is 32.2. The Morgan fingerprint density at radius 3 is 2.25 bits per heavy atom. The SMILES string of the molecule is O=C1NC(=O)C(=CCCCCc2ccc(-c3ccccc3)cc2)S1. The zero-order chi connectivity index (χ0) is 16.8. The van der Waals surface area contributed by atoms with E-state index >= 15 is 0 Å². The topological polar surface area (TPSA) is 46.2 Å². The average molecular weight is 337 g/mol. The maximum absolute atomic E-state index is 11.4. The zero-order valence-electron chi connectivity index (χ0n) is 13.3. The van der Waals surface area contributed by atoms with E-state index in [0.29, 0.717) is 4.91 Å². The molecule has 0 saturated carbocycles. The van der Waals surface area contributed by atoms with Crippen LogP contribution in [0.1, 0.15) is 24.8 Å². The summed E-state index contributed by atoms with van der Waals surface area (Å²) >= 11 is 0.989. The lowest BCUT2D eigenvalue weighted by Crippen LogP contribution is -2.17. The Labute approximate surface area is 146 Å². The average Bonchev–Trinajstić information content (AvgIpc) is 2.93. The van der Waals surface area contributed by atoms with Crippen LogP contribution in [-0.2, 0) is 11.2 Å². The summed E-state index contributed by atoms with van der Waals surface area (Å²) in [6.45, 7) is 0. The van der Waals surface area contributed by atoms with Crippen LogP contribution in [0.25, 0.3) is 11.1 Å². The molecule has 3 rings (SSSR count). The highest BCUT2D eigenvalue weighted by molar-refractivity contribution is 8.18. The van der Waals surface area contributed by atoms with E-state index in [9.17, 15) is 9.59 Å². The number of carbonyl (C=O) groups is 2. The summed E-state index contributed by atoms with van der Waals surface area (Å²) in [6, 6.07) is 19.0. The molecule has 0 aliphatic carbocycles. The standard InChI is InChI=1S/C20H19NO2S/c22-19-18(24-20(23)21-19)10-6-1-3-7-15-11-13-17(14-12-15)16-8-4-2-5-9-16/h2,4-5,8-14H,1,3,6-7H2,(H,21,22,23). The number of rotatable bonds is 6. The number of hydrogen-bond donors (Lipinski definition) is 1. The van der Waals surface area contributed by atoms with Crippen molar-refractivity contribution in [1.29, 1.82) is 0 Å². The first-order valence-corrected chi connectivity index (χ1v) is 8.92. The minimum atomic E-state index is -0.273. The molecule has 0 unspecified atom stereocenters. The number of amides is 2. The molecule has 0 radical (unpaired) electrons. The van der Waals surface area contributed by atoms with E-state index in [1.165, 1.54) is 16.7 Å². The number of unbranched alkanes of at least 4 members (excludes halogenated alkanes) is 2. The fourth-order valence-electron chi connectivity index (χ4n) is 2.66. The minimum Gasteiger partial charge on any atom is -0.282 e. The van der Waals surface area contributed by atoms with Crippen molar-refractivity contribution in [1.82, 2.24) is 5.32 Å². The van der Waals surface area contributed by atoms with Crippen LogP contribution in [0.2, 0.25) is 0 Å². The van der Waals surface area contributed by atoms with E-state index in [1.807, 2.05) is 24.3 Å². The summed E-state index contributed by atoms with van der Waals surface area (Å²) in [6.07, 6.45) is 5.78. The van der Waals surface area contributed by atoms with Crippen LogP contribution in [0.4, 0.5) is 4.79 Å². The molecule has 1 N–H and O–H groups in total. The Morgan fingerprint density at radius 1 is 0.875 bits per heavy atom. The molecular formula is C20H19NO2S. The largest absolute Gasteiger partial charge is 0.290 e. The summed E-state index contributed by atoms with van der Waals surface area (Å²) in [4.78, 5) is 23.0. The number of benzene rings is 2. The highest BCUT2D eigenvalue weighted by Crippen LogP contribution is 2.24. The molecule has 2 amide bonds. The Hall–Kier alpha value is -2.33. The van der Waals surface area contributed by atoms with Crippen LogP contribution in [0, 0.1) is 0 Å². The molecule has 3 nitrogen and oxygen atoms in total. The van der Waals surface area contributed by atoms with Gasteiger partial charge in [-0.1, -0.05) is 60.7 Å². The lowest BCUT2D eigenvalue weighted by atomic mass is 10.0. The van der Waals surface area contributed by atoms with Gasteiger partial charge in [0, 0.05) is 0 Å². The molecule has 0 atom stereocenters. The van der Waals surface area contributed by atoms with Crippen LogP contribution in [0.15, 0.2) is 65.6 Å². The number of hydrogen-bond acceptors (Lipinski definition) is 3. The third-order valence-electron chi connectivity index (χ3n) is 3.95. The van der Waals surface area contributed by atoms with Crippen LogP contribution < -0.4 is 5.32 Å². The summed E-state index contributed by atoms with van der Waals surface area (Å²) in [5.74, 6) is -0.262. The molecule has 24 heavy (non-hydrogen) atoms. The van der Waals surface area contributed by atoms with Crippen molar-refractivity contribution in [2.24, 2.45) is 0 Å². The van der Waals surface area contributed by atoms with Crippen LogP contribution in [0.3, 0.4) is 0 Å². The molecule has 2 aromatic carbocycles. The molecule has 122 valence electrons. The molecule has 1 saturated heterocycles. The lowest BCUT2D eigenvalue weighted by Gasteiger charge is -2.04. The maximum atomic E-state index is 11.4. The fourth-order valence-corrected chi connectivity index (χ4v) is 3.35. The number of thioether (sulfide) groups is 1. The molecule has 0 aromatic heterocycles. The first kappa shape index (κ1) is 16.5. The molecule has 2 aromatic rings. The molecule has 1 aliphatic rings. The van der Waals surface area contributed by atoms with Gasteiger partial charge in [-0.3, -0.25) is 14.9 Å². The van der Waals surface area contributed by atoms with Gasteiger partial charge in [-0.25, -0.2) is 0 Å². The van der Waals surface area contributed by atoms with Crippen LogP contribution >= 0.6 is 11.8 Å². The van der Waals surface area contributed by atoms with Gasteiger partial charge in [0.2, 0.25) is 0 Å². The van der Waals surface area contributed by atoms with E-state index in [4.69, 9.17) is 0 Å². The molecule has 4 heteroatoms. The van der Waals surface area contributed by atoms with Crippen LogP contribution in [-0.4, -0.2) is 11.1 Å². The van der Waals surface area contributed by atoms with Crippen LogP contribution in [0.5, 0.6) is 0 Å². The molecule has 1 aliphatic heterocycles. The van der Waals surface area contributed by atoms with Crippen molar-refractivity contribution in [2.75, 3.05) is 0 Å². The van der Waals surface area contributed by atoms with E-state index < -0.39 is 0 Å². The van der Waals surface area contributed by atoms with Crippen molar-refractivity contribution in [3.8, 4) is 11.1 Å². The van der Waals surface area contributed by atoms with Gasteiger partial charge >= 0.3 is 0 Å². The van der Waals surface area contributed by atoms with Gasteiger partial charge in [0.1, 0.15) is 0 Å². The van der Waals surface area contributed by atoms with Crippen molar-refractivity contribution in [3.63, 3.8) is 0 Å². The number of carbonyl (C=O) groups excluding carboxylic acids is 2. The Kier molecular flexibility index (Phi) is 5.49. The van der Waals surface area contributed by atoms with Gasteiger partial charge in [0.05, 0.1) is 4.91 Å². The number of nitrogens with one attached hydrogen (secondary N) is 1. The van der Waals surface area contributed by atoms with Crippen molar-refractivity contribution in [3.05, 3.63) is 71.1 Å². The van der Waals surface area contributed by atoms with Gasteiger partial charge in [-0.15, -0.1) is 0 Å². The second-order valence-corrected chi connectivity index (χ2v) is 6.74. The Morgan fingerprint density at radius 2 is 1.58 bits per heavy atom. The minimum absolute atomic E-state index is 0.262. The molecule has 1 fully saturated rings. The van der Waals surface area contributed by atoms with Gasteiger partial charge in [0.15, 0.2) is 0 Å². The predicted molar refractivity (Wildman–Crippen MR) is 98.6 cm³/mol. The molecule has 0 bridgehead atoms. The molecular weight excluding hydrogens is 318 g/mol. The third kappa shape index (κ3) is 4.36. The molecule has 0 spiro atoms. The molecule has 1 heterocycles. The van der Waals surface area contributed by atoms with E-state index in [1.54, 1.807) is 0 Å². The van der Waals surface area contributed by atoms with Crippen molar-refractivity contribution >= 4 is 22.9 Å².